The molecule has 9 heteroatoms. The minimum Gasteiger partial charge on any atom is -0.382 e. The minimum atomic E-state index is -0.317. The van der Waals surface area contributed by atoms with Crippen LogP contribution in [0.1, 0.15) is 59.2 Å². The maximum atomic E-state index is 12.1. The fourth-order valence-corrected chi connectivity index (χ4v) is 2.89. The fourth-order valence-electron chi connectivity index (χ4n) is 2.89. The third kappa shape index (κ3) is 6.17. The van der Waals surface area contributed by atoms with Crippen LogP contribution in [0, 0.1) is 0 Å². The highest BCUT2D eigenvalue weighted by molar-refractivity contribution is 5.85. The fraction of sp³-hybridized carbons (Fsp3) is 0.632. The molecule has 0 saturated heterocycles. The third-order valence-corrected chi connectivity index (χ3v) is 4.14. The van der Waals surface area contributed by atoms with Crippen molar-refractivity contribution in [3.8, 4) is 0 Å². The lowest BCUT2D eigenvalue weighted by Crippen LogP contribution is -2.45. The molecule has 2 amide bonds. The molecule has 0 unspecified atom stereocenters. The summed E-state index contributed by atoms with van der Waals surface area (Å²) in [5.74, 6) is 0.923. The first-order valence-electron chi connectivity index (χ1n) is 9.74. The average Bonchev–Trinajstić information content (AvgIpc) is 2.96. The Balaban J connectivity index is 1.93. The number of carbonyl (C=O) groups excluding carboxylic acids is 2. The van der Waals surface area contributed by atoms with E-state index in [0.717, 1.165) is 25.1 Å². The topological polar surface area (TPSA) is 128 Å². The van der Waals surface area contributed by atoms with E-state index >= 15 is 0 Å². The van der Waals surface area contributed by atoms with Crippen molar-refractivity contribution in [1.29, 1.82) is 0 Å². The molecule has 4 N–H and O–H groups in total. The predicted molar refractivity (Wildman–Crippen MR) is 108 cm³/mol. The molecule has 2 aromatic heterocycles. The number of nitrogens with zero attached hydrogens (tertiary/aromatic N) is 4. The molecule has 0 atom stereocenters. The number of nitrogens with one attached hydrogen (secondary N) is 2. The zero-order valence-electron chi connectivity index (χ0n) is 17.2. The number of aromatic nitrogens is 4. The largest absolute Gasteiger partial charge is 0.382 e. The highest BCUT2D eigenvalue weighted by Crippen LogP contribution is 2.20. The minimum absolute atomic E-state index is 0.0182. The van der Waals surface area contributed by atoms with Gasteiger partial charge in [-0.3, -0.25) is 9.59 Å². The lowest BCUT2D eigenvalue weighted by Gasteiger charge is -2.20. The standard InChI is InChI=1S/C19H31N7O2/c1-5-6-8-13-24-16-17(20)22-12-23-18(16)26(13)10-7-9-14(27)21-11-15(28)25-19(2,3)4/h12H,5-11H2,1-4H3,(H,21,27)(H,25,28)(H2,20,22,23). The molecule has 0 aliphatic rings. The number of unbranched alkanes of at least 4 members (excludes halogenated alkanes) is 1. The van der Waals surface area contributed by atoms with Gasteiger partial charge in [0.25, 0.3) is 0 Å². The summed E-state index contributed by atoms with van der Waals surface area (Å²) in [7, 11) is 0. The van der Waals surface area contributed by atoms with E-state index in [1.165, 1.54) is 6.33 Å². The number of rotatable bonds is 9. The Bertz CT molecular complexity index is 824. The normalized spacial score (nSPS) is 11.6. The van der Waals surface area contributed by atoms with Crippen LogP contribution in [0.4, 0.5) is 5.82 Å². The first kappa shape index (κ1) is 21.6. The average molecular weight is 390 g/mol. The van der Waals surface area contributed by atoms with Crippen molar-refractivity contribution in [3.63, 3.8) is 0 Å². The Labute approximate surface area is 165 Å². The molecule has 2 rings (SSSR count). The van der Waals surface area contributed by atoms with Gasteiger partial charge in [-0.1, -0.05) is 13.3 Å². The van der Waals surface area contributed by atoms with Crippen molar-refractivity contribution >= 4 is 28.8 Å². The van der Waals surface area contributed by atoms with Crippen LogP contribution >= 0.6 is 0 Å². The van der Waals surface area contributed by atoms with Crippen LogP contribution in [0.25, 0.3) is 11.2 Å². The number of nitrogen functional groups attached to an aromatic ring is 1. The van der Waals surface area contributed by atoms with E-state index in [-0.39, 0.29) is 23.9 Å². The van der Waals surface area contributed by atoms with E-state index in [1.807, 2.05) is 25.3 Å². The summed E-state index contributed by atoms with van der Waals surface area (Å²) in [5, 5.41) is 5.47. The number of hydrogen-bond acceptors (Lipinski definition) is 6. The summed E-state index contributed by atoms with van der Waals surface area (Å²) < 4.78 is 2.02. The second kappa shape index (κ2) is 9.48. The second-order valence-electron chi connectivity index (χ2n) is 7.89. The van der Waals surface area contributed by atoms with Crippen LogP contribution in [0.3, 0.4) is 0 Å². The molecule has 0 radical (unpaired) electrons. The Morgan fingerprint density at radius 2 is 1.93 bits per heavy atom. The van der Waals surface area contributed by atoms with Crippen molar-refractivity contribution in [2.24, 2.45) is 0 Å². The van der Waals surface area contributed by atoms with Gasteiger partial charge in [-0.25, -0.2) is 15.0 Å². The van der Waals surface area contributed by atoms with E-state index < -0.39 is 0 Å². The molecule has 0 fully saturated rings. The molecule has 154 valence electrons. The van der Waals surface area contributed by atoms with Gasteiger partial charge in [0, 0.05) is 24.9 Å². The van der Waals surface area contributed by atoms with Crippen LogP contribution in [0.15, 0.2) is 6.33 Å². The molecule has 0 spiro atoms. The quantitative estimate of drug-likeness (QED) is 0.597. The first-order chi connectivity index (χ1) is 13.2. The molecular weight excluding hydrogens is 358 g/mol. The van der Waals surface area contributed by atoms with Crippen molar-refractivity contribution in [3.05, 3.63) is 12.2 Å². The van der Waals surface area contributed by atoms with Gasteiger partial charge in [-0.15, -0.1) is 0 Å². The smallest absolute Gasteiger partial charge is 0.239 e. The molecule has 0 saturated carbocycles. The Kier molecular flexibility index (Phi) is 7.31. The van der Waals surface area contributed by atoms with Crippen LogP contribution in [-0.4, -0.2) is 43.4 Å². The first-order valence-corrected chi connectivity index (χ1v) is 9.74. The highest BCUT2D eigenvalue weighted by Gasteiger charge is 2.16. The molecule has 2 aromatic rings. The maximum Gasteiger partial charge on any atom is 0.239 e. The van der Waals surface area contributed by atoms with E-state index in [9.17, 15) is 9.59 Å². The number of imidazole rings is 1. The molecule has 0 aliphatic heterocycles. The van der Waals surface area contributed by atoms with Crippen LogP contribution in [0.5, 0.6) is 0 Å². The molecule has 9 nitrogen and oxygen atoms in total. The van der Waals surface area contributed by atoms with Crippen molar-refractivity contribution in [2.45, 2.75) is 71.9 Å². The Morgan fingerprint density at radius 1 is 1.18 bits per heavy atom. The lowest BCUT2D eigenvalue weighted by atomic mass is 10.1. The van der Waals surface area contributed by atoms with Gasteiger partial charge in [0.05, 0.1) is 6.54 Å². The summed E-state index contributed by atoms with van der Waals surface area (Å²) in [6.07, 6.45) is 5.26. The van der Waals surface area contributed by atoms with Gasteiger partial charge >= 0.3 is 0 Å². The van der Waals surface area contributed by atoms with Gasteiger partial charge < -0.3 is 20.9 Å². The molecular formula is C19H31N7O2. The number of carbonyl (C=O) groups is 2. The molecule has 0 aliphatic carbocycles. The van der Waals surface area contributed by atoms with Gasteiger partial charge in [0.1, 0.15) is 12.2 Å². The number of anilines is 1. The monoisotopic (exact) mass is 389 g/mol. The van der Waals surface area contributed by atoms with Crippen LogP contribution in [0.2, 0.25) is 0 Å². The molecule has 2 heterocycles. The SMILES string of the molecule is CCCCc1nc2c(N)ncnc2n1CCCC(=O)NCC(=O)NC(C)(C)C. The number of hydrogen-bond donors (Lipinski definition) is 3. The van der Waals surface area contributed by atoms with Gasteiger partial charge in [0.15, 0.2) is 17.0 Å². The number of aryl methyl sites for hydroxylation is 2. The van der Waals surface area contributed by atoms with E-state index in [4.69, 9.17) is 5.73 Å². The molecule has 0 aromatic carbocycles. The molecule has 28 heavy (non-hydrogen) atoms. The maximum absolute atomic E-state index is 12.1. The van der Waals surface area contributed by atoms with Crippen LogP contribution in [-0.2, 0) is 22.6 Å². The zero-order valence-corrected chi connectivity index (χ0v) is 17.2. The Hall–Kier alpha value is -2.71. The third-order valence-electron chi connectivity index (χ3n) is 4.14. The van der Waals surface area contributed by atoms with E-state index in [1.54, 1.807) is 0 Å². The number of amides is 2. The summed E-state index contributed by atoms with van der Waals surface area (Å²) in [4.78, 5) is 36.8. The van der Waals surface area contributed by atoms with Gasteiger partial charge in [-0.2, -0.15) is 0 Å². The zero-order chi connectivity index (χ0) is 20.7. The highest BCUT2D eigenvalue weighted by atomic mass is 16.2. The van der Waals surface area contributed by atoms with Crippen molar-refractivity contribution < 1.29 is 9.59 Å². The van der Waals surface area contributed by atoms with Gasteiger partial charge in [-0.05, 0) is 33.6 Å². The number of fused-ring (bicyclic) bond motifs is 1. The van der Waals surface area contributed by atoms with Gasteiger partial charge in [0.2, 0.25) is 11.8 Å². The Morgan fingerprint density at radius 3 is 2.61 bits per heavy atom. The van der Waals surface area contributed by atoms with E-state index in [2.05, 4.69) is 32.5 Å². The summed E-state index contributed by atoms with van der Waals surface area (Å²) in [5.41, 5.74) is 6.92. The number of nitrogens with two attached hydrogens (primary N) is 1. The lowest BCUT2D eigenvalue weighted by molar-refractivity contribution is -0.126. The van der Waals surface area contributed by atoms with Crippen molar-refractivity contribution in [2.75, 3.05) is 12.3 Å². The van der Waals surface area contributed by atoms with Crippen molar-refractivity contribution in [1.82, 2.24) is 30.2 Å². The second-order valence-corrected chi connectivity index (χ2v) is 7.89. The molecule has 0 bridgehead atoms. The summed E-state index contributed by atoms with van der Waals surface area (Å²) >= 11 is 0. The van der Waals surface area contributed by atoms with E-state index in [0.29, 0.717) is 36.4 Å². The summed E-state index contributed by atoms with van der Waals surface area (Å²) in [6, 6.07) is 0. The van der Waals surface area contributed by atoms with Crippen LogP contribution < -0.4 is 16.4 Å². The predicted octanol–water partition coefficient (Wildman–Crippen LogP) is 1.56. The summed E-state index contributed by atoms with van der Waals surface area (Å²) in [6.45, 7) is 8.41.